The van der Waals surface area contributed by atoms with Gasteiger partial charge in [-0.25, -0.2) is 0 Å². The lowest BCUT2D eigenvalue weighted by atomic mass is 10.2. The van der Waals surface area contributed by atoms with Crippen molar-refractivity contribution in [1.82, 2.24) is 5.32 Å². The normalized spacial score (nSPS) is 14.8. The van der Waals surface area contributed by atoms with Crippen molar-refractivity contribution in [2.24, 2.45) is 0 Å². The summed E-state index contributed by atoms with van der Waals surface area (Å²) in [5.74, 6) is 0.506. The van der Waals surface area contributed by atoms with Crippen LogP contribution in [0.1, 0.15) is 5.56 Å². The van der Waals surface area contributed by atoms with E-state index >= 15 is 0 Å². The molecule has 1 rings (SSSR count). The van der Waals surface area contributed by atoms with Crippen molar-refractivity contribution in [2.75, 3.05) is 19.7 Å². The molecule has 0 bridgehead atoms. The minimum atomic E-state index is -4.67. The highest BCUT2D eigenvalue weighted by atomic mass is 35.5. The molecular formula is C13H17ClF3NO3. The molecule has 1 aromatic carbocycles. The third-order valence-corrected chi connectivity index (χ3v) is 3.09. The van der Waals surface area contributed by atoms with Gasteiger partial charge in [0.1, 0.15) is 18.5 Å². The number of aliphatic hydroxyl groups excluding tert-OH is 2. The van der Waals surface area contributed by atoms with Crippen LogP contribution in [0.2, 0.25) is 5.02 Å². The van der Waals surface area contributed by atoms with Crippen molar-refractivity contribution in [3.05, 3.63) is 28.8 Å². The number of nitrogens with one attached hydrogen (secondary N) is 1. The molecule has 0 aliphatic carbocycles. The van der Waals surface area contributed by atoms with Crippen LogP contribution in [0.5, 0.6) is 5.75 Å². The molecule has 0 aliphatic heterocycles. The maximum atomic E-state index is 12.0. The van der Waals surface area contributed by atoms with Crippen LogP contribution in [-0.2, 0) is 0 Å². The van der Waals surface area contributed by atoms with E-state index in [9.17, 15) is 18.3 Å². The van der Waals surface area contributed by atoms with Gasteiger partial charge in [-0.05, 0) is 30.7 Å². The minimum Gasteiger partial charge on any atom is -0.491 e. The van der Waals surface area contributed by atoms with E-state index in [1.165, 1.54) is 0 Å². The molecule has 8 heteroatoms. The van der Waals surface area contributed by atoms with E-state index in [1.807, 2.05) is 0 Å². The van der Waals surface area contributed by atoms with Crippen molar-refractivity contribution in [2.45, 2.75) is 25.3 Å². The van der Waals surface area contributed by atoms with Crippen molar-refractivity contribution >= 4 is 11.6 Å². The van der Waals surface area contributed by atoms with E-state index in [4.69, 9.17) is 21.4 Å². The molecule has 3 N–H and O–H groups in total. The van der Waals surface area contributed by atoms with Crippen LogP contribution in [0.25, 0.3) is 0 Å². The first-order valence-corrected chi connectivity index (χ1v) is 6.60. The second kappa shape index (κ2) is 7.84. The Labute approximate surface area is 125 Å². The summed E-state index contributed by atoms with van der Waals surface area (Å²) in [6.45, 7) is 0.905. The summed E-state index contributed by atoms with van der Waals surface area (Å²) in [6.07, 6.45) is -8.12. The second-order valence-electron chi connectivity index (χ2n) is 4.59. The number of halogens is 4. The van der Waals surface area contributed by atoms with Crippen LogP contribution in [0.15, 0.2) is 18.2 Å². The smallest absolute Gasteiger partial charge is 0.415 e. The highest BCUT2D eigenvalue weighted by Crippen LogP contribution is 2.21. The first kappa shape index (κ1) is 18.0. The molecule has 0 radical (unpaired) electrons. The molecule has 4 nitrogen and oxygen atoms in total. The van der Waals surface area contributed by atoms with Gasteiger partial charge < -0.3 is 20.3 Å². The zero-order valence-corrected chi connectivity index (χ0v) is 12.1. The van der Waals surface area contributed by atoms with Crippen LogP contribution >= 0.6 is 11.6 Å². The largest absolute Gasteiger partial charge is 0.491 e. The Hall–Kier alpha value is -1.02. The molecule has 21 heavy (non-hydrogen) atoms. The lowest BCUT2D eigenvalue weighted by molar-refractivity contribution is -0.202. The summed E-state index contributed by atoms with van der Waals surface area (Å²) >= 11 is 5.85. The van der Waals surface area contributed by atoms with Gasteiger partial charge in [0.25, 0.3) is 0 Å². The SMILES string of the molecule is Cc1cc(OCC(O)CNCC(O)C(F)(F)F)ccc1Cl. The topological polar surface area (TPSA) is 61.7 Å². The average molecular weight is 328 g/mol. The van der Waals surface area contributed by atoms with E-state index in [1.54, 1.807) is 25.1 Å². The number of benzene rings is 1. The number of ether oxygens (including phenoxy) is 1. The van der Waals surface area contributed by atoms with Crippen molar-refractivity contribution in [3.8, 4) is 5.75 Å². The average Bonchev–Trinajstić information content (AvgIpc) is 2.39. The van der Waals surface area contributed by atoms with E-state index in [0.717, 1.165) is 5.56 Å². The van der Waals surface area contributed by atoms with Gasteiger partial charge in [-0.2, -0.15) is 13.2 Å². The highest BCUT2D eigenvalue weighted by molar-refractivity contribution is 6.31. The van der Waals surface area contributed by atoms with E-state index in [0.29, 0.717) is 10.8 Å². The van der Waals surface area contributed by atoms with E-state index < -0.39 is 24.9 Å². The number of aliphatic hydroxyl groups is 2. The predicted molar refractivity (Wildman–Crippen MR) is 72.6 cm³/mol. The summed E-state index contributed by atoms with van der Waals surface area (Å²) < 4.78 is 41.4. The van der Waals surface area contributed by atoms with Gasteiger partial charge in [-0.3, -0.25) is 0 Å². The van der Waals surface area contributed by atoms with Gasteiger partial charge in [-0.1, -0.05) is 11.6 Å². The Morgan fingerprint density at radius 3 is 2.52 bits per heavy atom. The molecular weight excluding hydrogens is 311 g/mol. The molecule has 0 amide bonds. The third-order valence-electron chi connectivity index (χ3n) is 2.67. The van der Waals surface area contributed by atoms with Gasteiger partial charge >= 0.3 is 6.18 Å². The zero-order chi connectivity index (χ0) is 16.0. The fourth-order valence-electron chi connectivity index (χ4n) is 1.46. The summed E-state index contributed by atoms with van der Waals surface area (Å²) in [5.41, 5.74) is 0.815. The number of rotatable bonds is 7. The summed E-state index contributed by atoms with van der Waals surface area (Å²) in [4.78, 5) is 0. The van der Waals surface area contributed by atoms with E-state index in [-0.39, 0.29) is 13.2 Å². The second-order valence-corrected chi connectivity index (χ2v) is 5.00. The van der Waals surface area contributed by atoms with Crippen molar-refractivity contribution in [1.29, 1.82) is 0 Å². The predicted octanol–water partition coefficient (Wildman–Crippen LogP) is 1.90. The fraction of sp³-hybridized carbons (Fsp3) is 0.538. The molecule has 2 unspecified atom stereocenters. The van der Waals surface area contributed by atoms with Crippen LogP contribution in [0, 0.1) is 6.92 Å². The number of aryl methyl sites for hydroxylation is 1. The number of alkyl halides is 3. The molecule has 0 saturated heterocycles. The molecule has 0 heterocycles. The van der Waals surface area contributed by atoms with Crippen LogP contribution in [-0.4, -0.2) is 48.3 Å². The van der Waals surface area contributed by atoms with Gasteiger partial charge in [0, 0.05) is 18.1 Å². The molecule has 1 aromatic rings. The molecule has 0 aliphatic rings. The Morgan fingerprint density at radius 1 is 1.29 bits per heavy atom. The third kappa shape index (κ3) is 6.52. The Bertz CT molecular complexity index is 457. The van der Waals surface area contributed by atoms with Gasteiger partial charge in [0.2, 0.25) is 0 Å². The van der Waals surface area contributed by atoms with Crippen molar-refractivity contribution < 1.29 is 28.1 Å². The first-order valence-electron chi connectivity index (χ1n) is 6.22. The molecule has 0 spiro atoms. The monoisotopic (exact) mass is 327 g/mol. The van der Waals surface area contributed by atoms with Gasteiger partial charge in [-0.15, -0.1) is 0 Å². The fourth-order valence-corrected chi connectivity index (χ4v) is 1.58. The minimum absolute atomic E-state index is 0.0871. The van der Waals surface area contributed by atoms with Crippen LogP contribution in [0.4, 0.5) is 13.2 Å². The molecule has 120 valence electrons. The van der Waals surface area contributed by atoms with E-state index in [2.05, 4.69) is 5.32 Å². The van der Waals surface area contributed by atoms with Gasteiger partial charge in [0.15, 0.2) is 6.10 Å². The Kier molecular flexibility index (Phi) is 6.73. The zero-order valence-electron chi connectivity index (χ0n) is 11.3. The molecule has 0 fully saturated rings. The van der Waals surface area contributed by atoms with Crippen LogP contribution < -0.4 is 10.1 Å². The maximum Gasteiger partial charge on any atom is 0.415 e. The number of hydrogen-bond donors (Lipinski definition) is 3. The lowest BCUT2D eigenvalue weighted by Crippen LogP contribution is -2.41. The standard InChI is InChI=1S/C13H17ClF3NO3/c1-8-4-10(2-3-11(8)14)21-7-9(19)5-18-6-12(20)13(15,16)17/h2-4,9,12,18-20H,5-7H2,1H3. The molecule has 0 saturated carbocycles. The number of hydrogen-bond acceptors (Lipinski definition) is 4. The van der Waals surface area contributed by atoms with Crippen molar-refractivity contribution in [3.63, 3.8) is 0 Å². The Balaban J connectivity index is 2.28. The summed E-state index contributed by atoms with van der Waals surface area (Å²) in [6, 6.07) is 4.97. The lowest BCUT2D eigenvalue weighted by Gasteiger charge is -2.17. The highest BCUT2D eigenvalue weighted by Gasteiger charge is 2.37. The Morgan fingerprint density at radius 2 is 1.95 bits per heavy atom. The molecule has 2 atom stereocenters. The summed E-state index contributed by atoms with van der Waals surface area (Å²) in [5, 5.41) is 21.2. The molecule has 0 aromatic heterocycles. The van der Waals surface area contributed by atoms with Gasteiger partial charge in [0.05, 0.1) is 0 Å². The quantitative estimate of drug-likeness (QED) is 0.716. The maximum absolute atomic E-state index is 12.0. The summed E-state index contributed by atoms with van der Waals surface area (Å²) in [7, 11) is 0. The van der Waals surface area contributed by atoms with Crippen LogP contribution in [0.3, 0.4) is 0 Å². The first-order chi connectivity index (χ1) is 9.70.